The van der Waals surface area contributed by atoms with E-state index in [-0.39, 0.29) is 11.1 Å². The molecule has 2 heterocycles. The summed E-state index contributed by atoms with van der Waals surface area (Å²) in [5.74, 6) is 0. The fourth-order valence-electron chi connectivity index (χ4n) is 4.61. The molecule has 2 atom stereocenters. The molecule has 2 unspecified atom stereocenters. The molecule has 3 nitrogen and oxygen atoms in total. The Morgan fingerprint density at radius 1 is 1.14 bits per heavy atom. The first-order valence-corrected chi connectivity index (χ1v) is 9.04. The molecule has 0 aromatic carbocycles. The third kappa shape index (κ3) is 3.16. The molecule has 2 aliphatic heterocycles. The van der Waals surface area contributed by atoms with E-state index in [4.69, 9.17) is 4.74 Å². The van der Waals surface area contributed by atoms with Crippen LogP contribution < -0.4 is 5.32 Å². The summed E-state index contributed by atoms with van der Waals surface area (Å²) in [7, 11) is 0. The van der Waals surface area contributed by atoms with Gasteiger partial charge in [0.15, 0.2) is 0 Å². The zero-order valence-electron chi connectivity index (χ0n) is 14.5. The molecule has 0 radical (unpaired) electrons. The zero-order valence-corrected chi connectivity index (χ0v) is 14.5. The van der Waals surface area contributed by atoms with E-state index in [9.17, 15) is 0 Å². The van der Waals surface area contributed by atoms with Crippen molar-refractivity contribution in [1.82, 2.24) is 10.2 Å². The Hall–Kier alpha value is -0.120. The first-order valence-electron chi connectivity index (χ1n) is 9.04. The van der Waals surface area contributed by atoms with Gasteiger partial charge >= 0.3 is 0 Å². The number of rotatable bonds is 3. The molecule has 21 heavy (non-hydrogen) atoms. The first-order chi connectivity index (χ1) is 9.87. The molecule has 1 saturated carbocycles. The molecule has 122 valence electrons. The van der Waals surface area contributed by atoms with Gasteiger partial charge in [-0.2, -0.15) is 0 Å². The smallest absolute Gasteiger partial charge is 0.0710 e. The lowest BCUT2D eigenvalue weighted by molar-refractivity contribution is -0.0630. The summed E-state index contributed by atoms with van der Waals surface area (Å²) in [6, 6.07) is 0. The Bertz CT molecular complexity index is 375. The van der Waals surface area contributed by atoms with Crippen LogP contribution in [0.5, 0.6) is 0 Å². The minimum Gasteiger partial charge on any atom is -0.371 e. The van der Waals surface area contributed by atoms with Crippen molar-refractivity contribution in [2.24, 2.45) is 0 Å². The maximum atomic E-state index is 6.29. The molecule has 0 aromatic heterocycles. The third-order valence-corrected chi connectivity index (χ3v) is 6.35. The van der Waals surface area contributed by atoms with Gasteiger partial charge in [-0.1, -0.05) is 19.8 Å². The van der Waals surface area contributed by atoms with Crippen molar-refractivity contribution < 1.29 is 4.74 Å². The van der Waals surface area contributed by atoms with Crippen molar-refractivity contribution >= 4 is 0 Å². The standard InChI is InChI=1S/C18H34N2O/c1-5-17(4)14-20(12-15-8-11-16(2,3)21-15)18(13-19-17)9-6-7-10-18/h15,19H,5-14H2,1-4H3. The van der Waals surface area contributed by atoms with E-state index in [0.717, 1.165) is 6.54 Å². The summed E-state index contributed by atoms with van der Waals surface area (Å²) in [6.45, 7) is 12.7. The number of nitrogens with one attached hydrogen (secondary N) is 1. The zero-order chi connectivity index (χ0) is 15.1. The summed E-state index contributed by atoms with van der Waals surface area (Å²) in [4.78, 5) is 2.81. The number of ether oxygens (including phenoxy) is 1. The largest absolute Gasteiger partial charge is 0.371 e. The molecule has 1 aliphatic carbocycles. The minimum atomic E-state index is 0.0929. The van der Waals surface area contributed by atoms with Crippen LogP contribution in [-0.4, -0.2) is 47.3 Å². The van der Waals surface area contributed by atoms with Crippen molar-refractivity contribution in [2.45, 2.75) is 95.4 Å². The second-order valence-electron chi connectivity index (χ2n) is 8.62. The molecule has 3 rings (SSSR count). The topological polar surface area (TPSA) is 24.5 Å². The van der Waals surface area contributed by atoms with Gasteiger partial charge in [-0.3, -0.25) is 4.90 Å². The predicted molar refractivity (Wildman–Crippen MR) is 87.7 cm³/mol. The van der Waals surface area contributed by atoms with Gasteiger partial charge in [0.1, 0.15) is 0 Å². The van der Waals surface area contributed by atoms with Crippen LogP contribution >= 0.6 is 0 Å². The van der Waals surface area contributed by atoms with E-state index in [1.54, 1.807) is 0 Å². The molecule has 0 bridgehead atoms. The van der Waals surface area contributed by atoms with E-state index in [1.165, 1.54) is 58.0 Å². The van der Waals surface area contributed by atoms with Crippen LogP contribution in [0.2, 0.25) is 0 Å². The fraction of sp³-hybridized carbons (Fsp3) is 1.00. The Morgan fingerprint density at radius 2 is 1.86 bits per heavy atom. The number of nitrogens with zero attached hydrogens (tertiary/aromatic N) is 1. The van der Waals surface area contributed by atoms with E-state index in [1.807, 2.05) is 0 Å². The number of piperazine rings is 1. The Kier molecular flexibility index (Phi) is 4.13. The summed E-state index contributed by atoms with van der Waals surface area (Å²) in [6.07, 6.45) is 9.63. The highest BCUT2D eigenvalue weighted by atomic mass is 16.5. The van der Waals surface area contributed by atoms with E-state index in [2.05, 4.69) is 37.9 Å². The summed E-state index contributed by atoms with van der Waals surface area (Å²) < 4.78 is 6.29. The molecular weight excluding hydrogens is 260 g/mol. The first kappa shape index (κ1) is 15.8. The van der Waals surface area contributed by atoms with Crippen LogP contribution in [0, 0.1) is 0 Å². The van der Waals surface area contributed by atoms with Crippen LogP contribution in [0.1, 0.15) is 72.6 Å². The Balaban J connectivity index is 1.71. The lowest BCUT2D eigenvalue weighted by atomic mass is 9.84. The van der Waals surface area contributed by atoms with Crippen LogP contribution in [-0.2, 0) is 4.74 Å². The molecule has 0 amide bonds. The van der Waals surface area contributed by atoms with Gasteiger partial charge < -0.3 is 10.1 Å². The van der Waals surface area contributed by atoms with Crippen LogP contribution in [0.4, 0.5) is 0 Å². The van der Waals surface area contributed by atoms with Gasteiger partial charge in [0.2, 0.25) is 0 Å². The summed E-state index contributed by atoms with van der Waals surface area (Å²) >= 11 is 0. The molecule has 3 aliphatic rings. The van der Waals surface area contributed by atoms with Crippen LogP contribution in [0.25, 0.3) is 0 Å². The highest BCUT2D eigenvalue weighted by Crippen LogP contribution is 2.40. The molecule has 0 aromatic rings. The minimum absolute atomic E-state index is 0.0929. The van der Waals surface area contributed by atoms with Crippen molar-refractivity contribution in [3.8, 4) is 0 Å². The monoisotopic (exact) mass is 294 g/mol. The van der Waals surface area contributed by atoms with Crippen LogP contribution in [0.15, 0.2) is 0 Å². The highest BCUT2D eigenvalue weighted by molar-refractivity contribution is 5.06. The number of hydrogen-bond donors (Lipinski definition) is 1. The lowest BCUT2D eigenvalue weighted by Gasteiger charge is -2.53. The van der Waals surface area contributed by atoms with Crippen molar-refractivity contribution in [3.63, 3.8) is 0 Å². The summed E-state index contributed by atoms with van der Waals surface area (Å²) in [5.41, 5.74) is 0.794. The quantitative estimate of drug-likeness (QED) is 0.864. The maximum Gasteiger partial charge on any atom is 0.0710 e. The van der Waals surface area contributed by atoms with Gasteiger partial charge in [0.25, 0.3) is 0 Å². The second-order valence-corrected chi connectivity index (χ2v) is 8.62. The average Bonchev–Trinajstić information content (AvgIpc) is 3.03. The molecule has 2 saturated heterocycles. The van der Waals surface area contributed by atoms with Crippen LogP contribution in [0.3, 0.4) is 0 Å². The molecular formula is C18H34N2O. The van der Waals surface area contributed by atoms with Crippen molar-refractivity contribution in [2.75, 3.05) is 19.6 Å². The second kappa shape index (κ2) is 5.50. The normalized spacial score (nSPS) is 39.1. The highest BCUT2D eigenvalue weighted by Gasteiger charge is 2.47. The van der Waals surface area contributed by atoms with Crippen molar-refractivity contribution in [3.05, 3.63) is 0 Å². The lowest BCUT2D eigenvalue weighted by Crippen LogP contribution is -2.69. The molecule has 1 spiro atoms. The maximum absolute atomic E-state index is 6.29. The average molecular weight is 294 g/mol. The van der Waals surface area contributed by atoms with Crippen molar-refractivity contribution in [1.29, 1.82) is 0 Å². The fourth-order valence-corrected chi connectivity index (χ4v) is 4.61. The molecule has 3 fully saturated rings. The molecule has 3 heteroatoms. The predicted octanol–water partition coefficient (Wildman–Crippen LogP) is 3.33. The van der Waals surface area contributed by atoms with E-state index >= 15 is 0 Å². The molecule has 1 N–H and O–H groups in total. The van der Waals surface area contributed by atoms with Gasteiger partial charge in [0, 0.05) is 30.7 Å². The third-order valence-electron chi connectivity index (χ3n) is 6.35. The Labute approximate surface area is 130 Å². The van der Waals surface area contributed by atoms with Gasteiger partial charge in [-0.15, -0.1) is 0 Å². The van der Waals surface area contributed by atoms with Gasteiger partial charge in [-0.05, 0) is 52.9 Å². The van der Waals surface area contributed by atoms with Gasteiger partial charge in [-0.25, -0.2) is 0 Å². The number of hydrogen-bond acceptors (Lipinski definition) is 3. The van der Waals surface area contributed by atoms with E-state index in [0.29, 0.717) is 11.6 Å². The van der Waals surface area contributed by atoms with E-state index < -0.39 is 0 Å². The van der Waals surface area contributed by atoms with Gasteiger partial charge in [0.05, 0.1) is 11.7 Å². The summed E-state index contributed by atoms with van der Waals surface area (Å²) in [5, 5.41) is 3.87. The Morgan fingerprint density at radius 3 is 2.43 bits per heavy atom. The SMILES string of the molecule is CCC1(C)CN(CC2CCC(C)(C)O2)C2(CCCC2)CN1.